The Kier molecular flexibility index (Phi) is 5.60. The maximum atomic E-state index is 12.3. The summed E-state index contributed by atoms with van der Waals surface area (Å²) in [5.41, 5.74) is 4.44. The van der Waals surface area contributed by atoms with Gasteiger partial charge in [-0.15, -0.1) is 0 Å². The van der Waals surface area contributed by atoms with Gasteiger partial charge in [-0.1, -0.05) is 42.5 Å². The number of fused-ring (bicyclic) bond motifs is 1. The predicted octanol–water partition coefficient (Wildman–Crippen LogP) is 1.90. The number of carbonyl (C=O) groups is 1. The minimum absolute atomic E-state index is 0.172. The van der Waals surface area contributed by atoms with Gasteiger partial charge in [0.25, 0.3) is 10.0 Å². The van der Waals surface area contributed by atoms with Gasteiger partial charge in [0, 0.05) is 23.4 Å². The summed E-state index contributed by atoms with van der Waals surface area (Å²) < 4.78 is 28.6. The minimum atomic E-state index is -3.62. The lowest BCUT2D eigenvalue weighted by atomic mass is 10.2. The Labute approximate surface area is 181 Å². The largest absolute Gasteiger partial charge is 0.350 e. The molecule has 9 heteroatoms. The van der Waals surface area contributed by atoms with E-state index in [0.717, 1.165) is 22.5 Å². The molecule has 0 aliphatic carbocycles. The van der Waals surface area contributed by atoms with E-state index >= 15 is 0 Å². The standard InChI is InChI=1S/C22H23N5O3S/c1-15-19(16(2)27(25-15)14-17-8-4-3-5-9-17)12-23-21(28)13-24-22-18-10-6-7-11-20(18)31(29,30)26-22/h3-11H,12-14H2,1-2H3,(H,23,28)(H,24,26). The smallest absolute Gasteiger partial charge is 0.263 e. The van der Waals surface area contributed by atoms with Crippen LogP contribution < -0.4 is 10.0 Å². The summed E-state index contributed by atoms with van der Waals surface area (Å²) in [6.45, 7) is 4.71. The lowest BCUT2D eigenvalue weighted by molar-refractivity contribution is -0.119. The van der Waals surface area contributed by atoms with Crippen LogP contribution in [0.3, 0.4) is 0 Å². The van der Waals surface area contributed by atoms with E-state index < -0.39 is 10.0 Å². The topological polar surface area (TPSA) is 105 Å². The first-order valence-electron chi connectivity index (χ1n) is 9.85. The Hall–Kier alpha value is -3.46. The Morgan fingerprint density at radius 3 is 2.58 bits per heavy atom. The van der Waals surface area contributed by atoms with Gasteiger partial charge in [0.2, 0.25) is 5.91 Å². The van der Waals surface area contributed by atoms with Crippen LogP contribution in [0.25, 0.3) is 0 Å². The molecule has 1 aromatic heterocycles. The van der Waals surface area contributed by atoms with Gasteiger partial charge in [0.15, 0.2) is 0 Å². The van der Waals surface area contributed by atoms with Crippen LogP contribution in [0.15, 0.2) is 64.5 Å². The van der Waals surface area contributed by atoms with Crippen molar-refractivity contribution in [2.75, 3.05) is 6.54 Å². The highest BCUT2D eigenvalue weighted by Crippen LogP contribution is 2.22. The maximum Gasteiger partial charge on any atom is 0.263 e. The fourth-order valence-electron chi connectivity index (χ4n) is 3.55. The normalized spacial score (nSPS) is 15.5. The van der Waals surface area contributed by atoms with E-state index in [9.17, 15) is 13.2 Å². The molecule has 0 atom stereocenters. The molecule has 8 nitrogen and oxygen atoms in total. The van der Waals surface area contributed by atoms with Gasteiger partial charge in [0.1, 0.15) is 12.4 Å². The summed E-state index contributed by atoms with van der Waals surface area (Å²) in [5.74, 6) is -0.112. The Morgan fingerprint density at radius 1 is 1.10 bits per heavy atom. The number of nitrogens with one attached hydrogen (secondary N) is 2. The number of benzene rings is 2. The van der Waals surface area contributed by atoms with Crippen LogP contribution in [-0.4, -0.2) is 36.5 Å². The third-order valence-electron chi connectivity index (χ3n) is 5.21. The van der Waals surface area contributed by atoms with Crippen molar-refractivity contribution in [2.24, 2.45) is 4.99 Å². The maximum absolute atomic E-state index is 12.3. The third-order valence-corrected chi connectivity index (χ3v) is 6.61. The van der Waals surface area contributed by atoms with E-state index in [1.54, 1.807) is 18.2 Å². The zero-order valence-corrected chi connectivity index (χ0v) is 18.1. The van der Waals surface area contributed by atoms with Crippen molar-refractivity contribution in [1.82, 2.24) is 19.8 Å². The molecule has 1 aliphatic heterocycles. The van der Waals surface area contributed by atoms with Gasteiger partial charge in [-0.25, -0.2) is 8.42 Å². The van der Waals surface area contributed by atoms with Gasteiger partial charge in [0.05, 0.1) is 17.1 Å². The molecule has 0 spiro atoms. The van der Waals surface area contributed by atoms with Crippen LogP contribution in [0.2, 0.25) is 0 Å². The molecule has 3 aromatic rings. The van der Waals surface area contributed by atoms with Crippen LogP contribution in [0.4, 0.5) is 0 Å². The second kappa shape index (κ2) is 8.35. The SMILES string of the molecule is Cc1nn(Cc2ccccc2)c(C)c1CNC(=O)CN=C1NS(=O)(=O)c2ccccc21. The molecule has 0 radical (unpaired) electrons. The quantitative estimate of drug-likeness (QED) is 0.614. The van der Waals surface area contributed by atoms with E-state index in [4.69, 9.17) is 0 Å². The number of hydrogen-bond donors (Lipinski definition) is 2. The molecule has 0 saturated carbocycles. The number of amidine groups is 1. The summed E-state index contributed by atoms with van der Waals surface area (Å²) in [6.07, 6.45) is 0. The highest BCUT2D eigenvalue weighted by Gasteiger charge is 2.30. The Balaban J connectivity index is 1.40. The fraction of sp³-hybridized carbons (Fsp3) is 0.227. The molecular formula is C22H23N5O3S. The van der Waals surface area contributed by atoms with Crippen LogP contribution in [-0.2, 0) is 27.9 Å². The zero-order chi connectivity index (χ0) is 22.0. The zero-order valence-electron chi connectivity index (χ0n) is 17.3. The number of aryl methyl sites for hydroxylation is 1. The van der Waals surface area contributed by atoms with Gasteiger partial charge in [-0.3, -0.25) is 19.2 Å². The van der Waals surface area contributed by atoms with E-state index in [0.29, 0.717) is 18.7 Å². The van der Waals surface area contributed by atoms with Crippen LogP contribution in [0.5, 0.6) is 0 Å². The summed E-state index contributed by atoms with van der Waals surface area (Å²) in [7, 11) is -3.62. The van der Waals surface area contributed by atoms with Crippen LogP contribution in [0, 0.1) is 13.8 Å². The third kappa shape index (κ3) is 4.36. The highest BCUT2D eigenvalue weighted by molar-refractivity contribution is 7.90. The van der Waals surface area contributed by atoms with Crippen molar-refractivity contribution < 1.29 is 13.2 Å². The monoisotopic (exact) mass is 437 g/mol. The molecule has 2 N–H and O–H groups in total. The first kappa shape index (κ1) is 20.8. The van der Waals surface area contributed by atoms with Crippen LogP contribution in [0.1, 0.15) is 28.1 Å². The van der Waals surface area contributed by atoms with Crippen molar-refractivity contribution in [3.05, 3.63) is 82.7 Å². The van der Waals surface area contributed by atoms with Gasteiger partial charge in [-0.2, -0.15) is 5.10 Å². The number of aliphatic imine (C=N–C) groups is 1. The van der Waals surface area contributed by atoms with E-state index in [1.807, 2.05) is 48.9 Å². The summed E-state index contributed by atoms with van der Waals surface area (Å²) >= 11 is 0. The molecule has 1 aliphatic rings. The number of aromatic nitrogens is 2. The minimum Gasteiger partial charge on any atom is -0.350 e. The first-order chi connectivity index (χ1) is 14.8. The lowest BCUT2D eigenvalue weighted by Crippen LogP contribution is -2.28. The predicted molar refractivity (Wildman–Crippen MR) is 117 cm³/mol. The van der Waals surface area contributed by atoms with Crippen molar-refractivity contribution >= 4 is 21.8 Å². The van der Waals surface area contributed by atoms with E-state index in [2.05, 4.69) is 20.1 Å². The lowest BCUT2D eigenvalue weighted by Gasteiger charge is -2.07. The van der Waals surface area contributed by atoms with E-state index in [-0.39, 0.29) is 23.2 Å². The summed E-state index contributed by atoms with van der Waals surface area (Å²) in [5, 5.41) is 7.44. The average molecular weight is 438 g/mol. The molecule has 31 heavy (non-hydrogen) atoms. The van der Waals surface area contributed by atoms with Gasteiger partial charge < -0.3 is 5.32 Å². The van der Waals surface area contributed by atoms with Crippen LogP contribution >= 0.6 is 0 Å². The molecule has 0 saturated heterocycles. The molecule has 0 unspecified atom stereocenters. The molecule has 160 valence electrons. The molecule has 0 fully saturated rings. The molecule has 2 heterocycles. The molecule has 0 bridgehead atoms. The van der Waals surface area contributed by atoms with E-state index in [1.165, 1.54) is 6.07 Å². The summed E-state index contributed by atoms with van der Waals surface area (Å²) in [4.78, 5) is 16.7. The Morgan fingerprint density at radius 2 is 1.81 bits per heavy atom. The average Bonchev–Trinajstić information content (AvgIpc) is 3.18. The van der Waals surface area contributed by atoms with Crippen molar-refractivity contribution in [3.8, 4) is 0 Å². The molecule has 4 rings (SSSR count). The number of nitrogens with zero attached hydrogens (tertiary/aromatic N) is 3. The number of sulfonamides is 1. The first-order valence-corrected chi connectivity index (χ1v) is 11.3. The van der Waals surface area contributed by atoms with Gasteiger partial charge >= 0.3 is 0 Å². The molecule has 2 aromatic carbocycles. The van der Waals surface area contributed by atoms with Crippen molar-refractivity contribution in [1.29, 1.82) is 0 Å². The summed E-state index contributed by atoms with van der Waals surface area (Å²) in [6, 6.07) is 16.6. The highest BCUT2D eigenvalue weighted by atomic mass is 32.2. The Bertz CT molecular complexity index is 1260. The van der Waals surface area contributed by atoms with Crippen molar-refractivity contribution in [2.45, 2.75) is 31.8 Å². The number of carbonyl (C=O) groups excluding carboxylic acids is 1. The second-order valence-electron chi connectivity index (χ2n) is 7.34. The fourth-order valence-corrected chi connectivity index (χ4v) is 4.80. The van der Waals surface area contributed by atoms with Crippen molar-refractivity contribution in [3.63, 3.8) is 0 Å². The number of rotatable bonds is 6. The number of amides is 1. The second-order valence-corrected chi connectivity index (χ2v) is 8.99. The number of hydrogen-bond acceptors (Lipinski definition) is 5. The molecular weight excluding hydrogens is 414 g/mol. The van der Waals surface area contributed by atoms with Gasteiger partial charge in [-0.05, 0) is 31.5 Å². The molecule has 1 amide bonds.